The highest BCUT2D eigenvalue weighted by Gasteiger charge is 2.28. The molecule has 3 rings (SSSR count). The van der Waals surface area contributed by atoms with Crippen molar-refractivity contribution in [3.8, 4) is 0 Å². The van der Waals surface area contributed by atoms with E-state index in [1.54, 1.807) is 6.33 Å². The second kappa shape index (κ2) is 7.61. The fourth-order valence-electron chi connectivity index (χ4n) is 3.05. The van der Waals surface area contributed by atoms with Crippen LogP contribution in [0, 0.1) is 0 Å². The van der Waals surface area contributed by atoms with E-state index in [-0.39, 0.29) is 5.41 Å². The lowest BCUT2D eigenvalue weighted by atomic mass is 9.90. The SMILES string of the molecule is CC(C)(C)c1[nH]cnc1/C=C1\NC/C(=C/c2ccccc2)NC1C(=O)C=O. The molecule has 0 amide bonds. The minimum absolute atomic E-state index is 0.118. The number of aldehydes is 1. The van der Waals surface area contributed by atoms with Crippen LogP contribution in [-0.2, 0) is 15.0 Å². The number of aromatic amines is 1. The quantitative estimate of drug-likeness (QED) is 0.573. The second-order valence-corrected chi connectivity index (χ2v) is 7.54. The summed E-state index contributed by atoms with van der Waals surface area (Å²) < 4.78 is 0. The second-order valence-electron chi connectivity index (χ2n) is 7.54. The molecule has 1 atom stereocenters. The Bertz CT molecular complexity index is 888. The molecule has 2 heterocycles. The number of imidazole rings is 1. The monoisotopic (exact) mass is 364 g/mol. The van der Waals surface area contributed by atoms with E-state index in [4.69, 9.17) is 0 Å². The van der Waals surface area contributed by atoms with Gasteiger partial charge in [-0.3, -0.25) is 9.59 Å². The number of ketones is 1. The van der Waals surface area contributed by atoms with E-state index in [0.29, 0.717) is 18.5 Å². The molecule has 0 bridgehead atoms. The summed E-state index contributed by atoms with van der Waals surface area (Å²) in [5.41, 5.74) is 4.11. The topological polar surface area (TPSA) is 86.9 Å². The first kappa shape index (κ1) is 18.6. The van der Waals surface area contributed by atoms with Crippen LogP contribution in [0.15, 0.2) is 48.1 Å². The van der Waals surface area contributed by atoms with Crippen LogP contribution in [0.25, 0.3) is 12.2 Å². The molecule has 27 heavy (non-hydrogen) atoms. The van der Waals surface area contributed by atoms with E-state index in [1.165, 1.54) is 0 Å². The van der Waals surface area contributed by atoms with Crippen LogP contribution in [0.5, 0.6) is 0 Å². The van der Waals surface area contributed by atoms with Crippen LogP contribution >= 0.6 is 0 Å². The predicted molar refractivity (Wildman–Crippen MR) is 106 cm³/mol. The number of nitrogens with zero attached hydrogens (tertiary/aromatic N) is 1. The van der Waals surface area contributed by atoms with Gasteiger partial charge in [0.1, 0.15) is 6.04 Å². The maximum Gasteiger partial charge on any atom is 0.223 e. The van der Waals surface area contributed by atoms with Gasteiger partial charge < -0.3 is 15.6 Å². The van der Waals surface area contributed by atoms with Gasteiger partial charge in [-0.25, -0.2) is 4.98 Å². The standard InChI is InChI=1S/C21H24N4O2/c1-21(2,3)20-17(23-13-24-20)10-16-19(18(27)12-26)25-15(11-22-16)9-14-7-5-4-6-8-14/h4-10,12-13,19,22,25H,11H2,1-3H3,(H,23,24)/b15-9-,16-10-. The average molecular weight is 364 g/mol. The first-order valence-electron chi connectivity index (χ1n) is 8.89. The van der Waals surface area contributed by atoms with Gasteiger partial charge in [-0.05, 0) is 17.7 Å². The number of H-pyrrole nitrogens is 1. The molecule has 6 heteroatoms. The molecule has 6 nitrogen and oxygen atoms in total. The van der Waals surface area contributed by atoms with Gasteiger partial charge in [0, 0.05) is 22.5 Å². The number of carbonyl (C=O) groups is 2. The van der Waals surface area contributed by atoms with Crippen LogP contribution in [0.1, 0.15) is 37.7 Å². The lowest BCUT2D eigenvalue weighted by Gasteiger charge is -2.29. The van der Waals surface area contributed by atoms with Crippen molar-refractivity contribution in [2.45, 2.75) is 32.2 Å². The summed E-state index contributed by atoms with van der Waals surface area (Å²) in [6, 6.07) is 9.06. The van der Waals surface area contributed by atoms with Crippen LogP contribution in [0.2, 0.25) is 0 Å². The molecule has 0 saturated carbocycles. The maximum absolute atomic E-state index is 12.2. The smallest absolute Gasteiger partial charge is 0.223 e. The Balaban J connectivity index is 1.91. The van der Waals surface area contributed by atoms with Gasteiger partial charge in [-0.15, -0.1) is 0 Å². The third kappa shape index (κ3) is 4.34. The zero-order valence-electron chi connectivity index (χ0n) is 15.7. The van der Waals surface area contributed by atoms with Gasteiger partial charge in [0.05, 0.1) is 18.6 Å². The normalized spacial score (nSPS) is 20.2. The summed E-state index contributed by atoms with van der Waals surface area (Å²) in [7, 11) is 0. The minimum Gasteiger partial charge on any atom is -0.381 e. The lowest BCUT2D eigenvalue weighted by Crippen LogP contribution is -2.49. The average Bonchev–Trinajstić information content (AvgIpc) is 3.12. The molecule has 0 radical (unpaired) electrons. The summed E-state index contributed by atoms with van der Waals surface area (Å²) in [5.74, 6) is -0.528. The van der Waals surface area contributed by atoms with Crippen molar-refractivity contribution < 1.29 is 9.59 Å². The Hall–Kier alpha value is -3.15. The summed E-state index contributed by atoms with van der Waals surface area (Å²) in [6.45, 7) is 6.79. The molecule has 1 aliphatic heterocycles. The van der Waals surface area contributed by atoms with Crippen LogP contribution in [0.4, 0.5) is 0 Å². The highest BCUT2D eigenvalue weighted by molar-refractivity contribution is 6.28. The van der Waals surface area contributed by atoms with Crippen molar-refractivity contribution >= 4 is 24.2 Å². The van der Waals surface area contributed by atoms with Gasteiger partial charge in [0.2, 0.25) is 5.78 Å². The third-order valence-corrected chi connectivity index (χ3v) is 4.38. The molecule has 0 aliphatic carbocycles. The van der Waals surface area contributed by atoms with E-state index >= 15 is 0 Å². The fraction of sp³-hybridized carbons (Fsp3) is 0.286. The summed E-state index contributed by atoms with van der Waals surface area (Å²) in [5, 5.41) is 6.45. The maximum atomic E-state index is 12.2. The summed E-state index contributed by atoms with van der Waals surface area (Å²) >= 11 is 0. The molecule has 140 valence electrons. The minimum atomic E-state index is -0.754. The van der Waals surface area contributed by atoms with Gasteiger partial charge in [0.15, 0.2) is 6.29 Å². The Morgan fingerprint density at radius 2 is 1.93 bits per heavy atom. The fourth-order valence-corrected chi connectivity index (χ4v) is 3.05. The van der Waals surface area contributed by atoms with Crippen LogP contribution in [-0.4, -0.2) is 34.6 Å². The number of hydrogen-bond acceptors (Lipinski definition) is 5. The molecule has 1 aromatic heterocycles. The Morgan fingerprint density at radius 1 is 1.19 bits per heavy atom. The summed E-state index contributed by atoms with van der Waals surface area (Å²) in [6.07, 6.45) is 5.79. The first-order chi connectivity index (χ1) is 12.9. The zero-order chi connectivity index (χ0) is 19.4. The molecule has 2 aromatic rings. The Morgan fingerprint density at radius 3 is 2.59 bits per heavy atom. The lowest BCUT2D eigenvalue weighted by molar-refractivity contribution is -0.130. The van der Waals surface area contributed by atoms with Gasteiger partial charge in [-0.1, -0.05) is 51.1 Å². The number of piperazine rings is 1. The molecule has 1 saturated heterocycles. The number of rotatable bonds is 4. The summed E-state index contributed by atoms with van der Waals surface area (Å²) in [4.78, 5) is 30.9. The molecule has 1 unspecified atom stereocenters. The van der Waals surface area contributed by atoms with E-state index in [0.717, 1.165) is 22.6 Å². The zero-order valence-corrected chi connectivity index (χ0v) is 15.7. The number of benzene rings is 1. The highest BCUT2D eigenvalue weighted by Crippen LogP contribution is 2.25. The van der Waals surface area contributed by atoms with Gasteiger partial charge >= 0.3 is 0 Å². The predicted octanol–water partition coefficient (Wildman–Crippen LogP) is 2.42. The number of carbonyl (C=O) groups excluding carboxylic acids is 2. The van der Waals surface area contributed by atoms with Crippen molar-refractivity contribution in [1.29, 1.82) is 0 Å². The number of hydrogen-bond donors (Lipinski definition) is 3. The van der Waals surface area contributed by atoms with Crippen LogP contribution < -0.4 is 10.6 Å². The number of aromatic nitrogens is 2. The van der Waals surface area contributed by atoms with E-state index in [9.17, 15) is 9.59 Å². The molecule has 1 aromatic carbocycles. The van der Waals surface area contributed by atoms with E-state index in [1.807, 2.05) is 42.5 Å². The first-order valence-corrected chi connectivity index (χ1v) is 8.89. The van der Waals surface area contributed by atoms with Crippen molar-refractivity contribution in [2.24, 2.45) is 0 Å². The molecular weight excluding hydrogens is 340 g/mol. The van der Waals surface area contributed by atoms with Crippen molar-refractivity contribution in [3.63, 3.8) is 0 Å². The highest BCUT2D eigenvalue weighted by atomic mass is 16.2. The van der Waals surface area contributed by atoms with Gasteiger partial charge in [0.25, 0.3) is 0 Å². The Kier molecular flexibility index (Phi) is 5.26. The number of Topliss-reactive ketones (excluding diaryl/α,β-unsaturated/α-hetero) is 1. The molecule has 1 aliphatic rings. The van der Waals surface area contributed by atoms with E-state index < -0.39 is 11.8 Å². The number of nitrogens with one attached hydrogen (secondary N) is 3. The van der Waals surface area contributed by atoms with Crippen molar-refractivity contribution in [1.82, 2.24) is 20.6 Å². The molecule has 0 spiro atoms. The molecular formula is C21H24N4O2. The third-order valence-electron chi connectivity index (χ3n) is 4.38. The molecule has 3 N–H and O–H groups in total. The van der Waals surface area contributed by atoms with E-state index in [2.05, 4.69) is 41.4 Å². The van der Waals surface area contributed by atoms with Gasteiger partial charge in [-0.2, -0.15) is 0 Å². The Labute approximate surface area is 158 Å². The largest absolute Gasteiger partial charge is 0.381 e. The van der Waals surface area contributed by atoms with Crippen molar-refractivity contribution in [2.75, 3.05) is 6.54 Å². The molecule has 1 fully saturated rings. The van der Waals surface area contributed by atoms with Crippen molar-refractivity contribution in [3.05, 3.63) is 65.0 Å². The van der Waals surface area contributed by atoms with Crippen LogP contribution in [0.3, 0.4) is 0 Å².